The molecule has 49 heavy (non-hydrogen) atoms. The topological polar surface area (TPSA) is 174 Å². The first-order chi connectivity index (χ1) is 23.4. The fourth-order valence-electron chi connectivity index (χ4n) is 9.40. The van der Waals surface area contributed by atoms with E-state index in [1.807, 2.05) is 6.21 Å². The number of aliphatic imine (C=N–C) groups is 1. The molecule has 4 aliphatic heterocycles. The smallest absolute Gasteiger partial charge is 0.306 e. The van der Waals surface area contributed by atoms with Crippen molar-refractivity contribution in [3.63, 3.8) is 0 Å². The number of quaternary nitrogens is 1. The molecular weight excluding hydrogens is 620 g/mol. The van der Waals surface area contributed by atoms with E-state index in [-0.39, 0.29) is 54.8 Å². The number of piperidine rings is 2. The molecule has 11 atom stereocenters. The molecule has 0 amide bonds. The van der Waals surface area contributed by atoms with Crippen LogP contribution in [0.5, 0.6) is 0 Å². The van der Waals surface area contributed by atoms with Gasteiger partial charge in [0.25, 0.3) is 0 Å². The van der Waals surface area contributed by atoms with Crippen LogP contribution in [0.25, 0.3) is 0 Å². The molecule has 4 bridgehead atoms. The molecule has 11 heteroatoms. The number of hydrogen-bond acceptors (Lipinski definition) is 9. The van der Waals surface area contributed by atoms with Gasteiger partial charge in [-0.1, -0.05) is 49.9 Å². The number of aliphatic hydroxyl groups is 2. The number of nitrogens with zero attached hydrogens (tertiary/aromatic N) is 1. The number of β-amino-alcohol motifs (C(OH)–C–C–N with tert-alkyl or cyclic N) is 1. The van der Waals surface area contributed by atoms with Gasteiger partial charge in [-0.15, -0.1) is 0 Å². The zero-order chi connectivity index (χ0) is 35.0. The number of rotatable bonds is 8. The van der Waals surface area contributed by atoms with Crippen molar-refractivity contribution < 1.29 is 29.8 Å². The van der Waals surface area contributed by atoms with E-state index < -0.39 is 17.7 Å². The van der Waals surface area contributed by atoms with Gasteiger partial charge >= 0.3 is 5.97 Å². The third kappa shape index (κ3) is 10.9. The van der Waals surface area contributed by atoms with Gasteiger partial charge in [0, 0.05) is 37.0 Å². The number of hydrogen-bond donors (Lipinski definition) is 8. The Balaban J connectivity index is 1.38. The average molecular weight is 684 g/mol. The molecule has 4 aliphatic rings. The minimum atomic E-state index is -1.33. The molecule has 9 N–H and O–H groups in total. The maximum absolute atomic E-state index is 12.2. The maximum Gasteiger partial charge on any atom is 0.306 e. The summed E-state index contributed by atoms with van der Waals surface area (Å²) in [7, 11) is 0. The van der Waals surface area contributed by atoms with E-state index >= 15 is 0 Å². The van der Waals surface area contributed by atoms with Crippen LogP contribution in [0.15, 0.2) is 29.3 Å². The molecule has 11 nitrogen and oxygen atoms in total. The van der Waals surface area contributed by atoms with Crippen LogP contribution in [0.4, 0.5) is 0 Å². The molecule has 2 fully saturated rings. The lowest BCUT2D eigenvalue weighted by molar-refractivity contribution is -0.914. The van der Waals surface area contributed by atoms with E-state index in [1.165, 1.54) is 16.0 Å². The third-order valence-electron chi connectivity index (χ3n) is 12.0. The SMILES string of the molecule is CC1NC(CC(CC=O)C2CCCCCCC(O)(CC(=O)O)CNC3(C)CC(N)NC(Cc4cccc(c4)C2)C3)C([NH+]2CC=NC2)CC1O. The van der Waals surface area contributed by atoms with Gasteiger partial charge in [-0.2, -0.15) is 0 Å². The fourth-order valence-corrected chi connectivity index (χ4v) is 9.40. The lowest BCUT2D eigenvalue weighted by atomic mass is 9.75. The molecule has 11 unspecified atom stereocenters. The zero-order valence-corrected chi connectivity index (χ0v) is 29.8. The second-order valence-electron chi connectivity index (χ2n) is 16.3. The number of carbonyl (C=O) groups excluding carboxylic acids is 1. The molecule has 0 aliphatic carbocycles. The number of carboxylic acids is 1. The molecule has 274 valence electrons. The Labute approximate surface area is 292 Å². The number of nitrogens with two attached hydrogens (primary N) is 1. The number of fused-ring (bicyclic) bond motifs is 4. The van der Waals surface area contributed by atoms with Gasteiger partial charge in [0.05, 0.1) is 36.5 Å². The highest BCUT2D eigenvalue weighted by molar-refractivity contribution is 5.68. The largest absolute Gasteiger partial charge is 0.481 e. The van der Waals surface area contributed by atoms with Crippen LogP contribution in [0.1, 0.15) is 102 Å². The second-order valence-corrected chi connectivity index (χ2v) is 16.3. The number of carboxylic acid groups (broad SMARTS) is 1. The quantitative estimate of drug-likeness (QED) is 0.188. The van der Waals surface area contributed by atoms with E-state index in [0.717, 1.165) is 83.7 Å². The van der Waals surface area contributed by atoms with Crippen LogP contribution >= 0.6 is 0 Å². The monoisotopic (exact) mass is 683 g/mol. The van der Waals surface area contributed by atoms with E-state index in [9.17, 15) is 24.9 Å². The first-order valence-corrected chi connectivity index (χ1v) is 18.9. The van der Waals surface area contributed by atoms with Gasteiger partial charge < -0.3 is 41.4 Å². The molecule has 0 radical (unpaired) electrons. The normalized spacial score (nSPS) is 38.6. The van der Waals surface area contributed by atoms with Crippen LogP contribution in [0.2, 0.25) is 0 Å². The highest BCUT2D eigenvalue weighted by Gasteiger charge is 2.42. The highest BCUT2D eigenvalue weighted by Crippen LogP contribution is 2.33. The summed E-state index contributed by atoms with van der Waals surface area (Å²) in [5.74, 6) is -0.480. The molecule has 0 saturated carbocycles. The van der Waals surface area contributed by atoms with E-state index in [4.69, 9.17) is 5.73 Å². The molecule has 2 saturated heterocycles. The average Bonchev–Trinajstić information content (AvgIpc) is 3.57. The van der Waals surface area contributed by atoms with E-state index in [2.05, 4.69) is 59.1 Å². The van der Waals surface area contributed by atoms with Crippen LogP contribution in [0, 0.1) is 11.8 Å². The number of aldehydes is 1. The van der Waals surface area contributed by atoms with Crippen molar-refractivity contribution in [2.24, 2.45) is 22.6 Å². The van der Waals surface area contributed by atoms with E-state index in [1.54, 1.807) is 0 Å². The molecule has 0 spiro atoms. The summed E-state index contributed by atoms with van der Waals surface area (Å²) in [6.07, 6.45) is 12.6. The standard InChI is InChI=1S/C38H62N6O5/c1-26-34(46)20-33(44-14-13-40-25-44)32(42-26)19-30(11-15-45)29-10-5-3-4-6-12-38(49,23-36(47)48)24-41-37(2)21-31(43-35(39)22-37)18-28-9-7-8-27(16-28)17-29/h7-9,13,15-16,26,29-35,41-43,46,49H,3-6,10-12,14,17-25,39H2,1-2H3,(H,47,48)/p+1. The van der Waals surface area contributed by atoms with Crippen LogP contribution in [0.3, 0.4) is 0 Å². The van der Waals surface area contributed by atoms with Crippen molar-refractivity contribution in [2.75, 3.05) is 19.8 Å². The number of nitrogens with one attached hydrogen (secondary N) is 4. The Kier molecular flexibility index (Phi) is 13.4. The third-order valence-corrected chi connectivity index (χ3v) is 12.0. The summed E-state index contributed by atoms with van der Waals surface area (Å²) in [5.41, 5.74) is 7.40. The van der Waals surface area contributed by atoms with E-state index in [0.29, 0.717) is 25.2 Å². The van der Waals surface area contributed by atoms with Gasteiger partial charge in [-0.25, -0.2) is 4.99 Å². The van der Waals surface area contributed by atoms with Crippen molar-refractivity contribution in [1.82, 2.24) is 16.0 Å². The Morgan fingerprint density at radius 3 is 2.67 bits per heavy atom. The first-order valence-electron chi connectivity index (χ1n) is 18.9. The van der Waals surface area contributed by atoms with Crippen molar-refractivity contribution in [2.45, 2.75) is 151 Å². The highest BCUT2D eigenvalue weighted by atomic mass is 16.4. The minimum Gasteiger partial charge on any atom is -0.481 e. The zero-order valence-electron chi connectivity index (χ0n) is 29.8. The summed E-state index contributed by atoms with van der Waals surface area (Å²) < 4.78 is 0. The van der Waals surface area contributed by atoms with Gasteiger partial charge in [0.15, 0.2) is 6.67 Å². The Hall–Kier alpha value is -2.25. The van der Waals surface area contributed by atoms with Crippen LogP contribution in [-0.4, -0.2) is 101 Å². The van der Waals surface area contributed by atoms with Crippen molar-refractivity contribution in [1.29, 1.82) is 0 Å². The summed E-state index contributed by atoms with van der Waals surface area (Å²) in [6.45, 7) is 6.02. The van der Waals surface area contributed by atoms with Gasteiger partial charge in [0.1, 0.15) is 18.9 Å². The fraction of sp³-hybridized carbons (Fsp3) is 0.763. The Morgan fingerprint density at radius 2 is 1.94 bits per heavy atom. The molecule has 1 aromatic carbocycles. The molecule has 5 rings (SSSR count). The summed E-state index contributed by atoms with van der Waals surface area (Å²) in [5, 5.41) is 42.9. The Morgan fingerprint density at radius 1 is 1.16 bits per heavy atom. The van der Waals surface area contributed by atoms with Gasteiger partial charge in [-0.05, 0) is 81.8 Å². The predicted molar refractivity (Wildman–Crippen MR) is 192 cm³/mol. The molecule has 4 heterocycles. The van der Waals surface area contributed by atoms with Gasteiger partial charge in [0.2, 0.25) is 0 Å². The minimum absolute atomic E-state index is 0.00127. The maximum atomic E-state index is 12.2. The second kappa shape index (κ2) is 17.3. The first kappa shape index (κ1) is 38.0. The number of aliphatic carboxylic acids is 1. The van der Waals surface area contributed by atoms with Gasteiger partial charge in [-0.3, -0.25) is 10.1 Å². The number of benzene rings is 1. The van der Waals surface area contributed by atoms with Crippen molar-refractivity contribution in [3.05, 3.63) is 35.4 Å². The number of aliphatic hydroxyl groups excluding tert-OH is 1. The lowest BCUT2D eigenvalue weighted by Gasteiger charge is -2.44. The molecule has 0 aromatic heterocycles. The molecule has 1 aromatic rings. The van der Waals surface area contributed by atoms with Crippen LogP contribution < -0.4 is 26.6 Å². The van der Waals surface area contributed by atoms with Crippen LogP contribution in [-0.2, 0) is 22.4 Å². The van der Waals surface area contributed by atoms with Crippen molar-refractivity contribution in [3.8, 4) is 0 Å². The van der Waals surface area contributed by atoms with Crippen molar-refractivity contribution >= 4 is 18.5 Å². The summed E-state index contributed by atoms with van der Waals surface area (Å²) in [6, 6.07) is 9.46. The molecular formula is C38H63N6O5+. The summed E-state index contributed by atoms with van der Waals surface area (Å²) >= 11 is 0. The Bertz CT molecular complexity index is 1260. The summed E-state index contributed by atoms with van der Waals surface area (Å²) in [4.78, 5) is 29.9. The predicted octanol–water partition coefficient (Wildman–Crippen LogP) is 1.33. The number of carbonyl (C=O) groups is 2. The lowest BCUT2D eigenvalue weighted by Crippen LogP contribution is -3.16.